The number of rotatable bonds is 6. The molecule has 4 nitrogen and oxygen atoms in total. The highest BCUT2D eigenvalue weighted by atomic mass is 16.1. The highest BCUT2D eigenvalue weighted by Gasteiger charge is 2.23. The molecule has 4 heteroatoms. The summed E-state index contributed by atoms with van der Waals surface area (Å²) in [5.41, 5.74) is 5.92. The van der Waals surface area contributed by atoms with Crippen molar-refractivity contribution < 1.29 is 4.79 Å². The van der Waals surface area contributed by atoms with Crippen LogP contribution in [0.15, 0.2) is 0 Å². The predicted octanol–water partition coefficient (Wildman–Crippen LogP) is 1.10. The van der Waals surface area contributed by atoms with Gasteiger partial charge < -0.3 is 16.0 Å². The second-order valence-corrected chi connectivity index (χ2v) is 4.90. The van der Waals surface area contributed by atoms with Gasteiger partial charge >= 0.3 is 0 Å². The van der Waals surface area contributed by atoms with Crippen LogP contribution < -0.4 is 11.1 Å². The summed E-state index contributed by atoms with van der Waals surface area (Å²) in [7, 11) is 0. The first-order valence-corrected chi connectivity index (χ1v) is 6.93. The van der Waals surface area contributed by atoms with Crippen molar-refractivity contribution in [3.63, 3.8) is 0 Å². The van der Waals surface area contributed by atoms with Crippen molar-refractivity contribution in [3.8, 4) is 0 Å². The van der Waals surface area contributed by atoms with Crippen molar-refractivity contribution in [3.05, 3.63) is 0 Å². The van der Waals surface area contributed by atoms with Crippen LogP contribution in [-0.4, -0.2) is 42.5 Å². The van der Waals surface area contributed by atoms with Gasteiger partial charge in [0.15, 0.2) is 0 Å². The summed E-state index contributed by atoms with van der Waals surface area (Å²) in [6.45, 7) is 6.76. The van der Waals surface area contributed by atoms with Gasteiger partial charge in [-0.2, -0.15) is 0 Å². The Labute approximate surface area is 105 Å². The van der Waals surface area contributed by atoms with Crippen LogP contribution in [0.2, 0.25) is 0 Å². The SMILES string of the molecule is CCNC(=O)CCN(CC)C1CCC(N)CC1. The topological polar surface area (TPSA) is 58.4 Å². The van der Waals surface area contributed by atoms with Crippen LogP contribution in [0.25, 0.3) is 0 Å². The molecule has 0 aliphatic heterocycles. The maximum absolute atomic E-state index is 11.4. The zero-order valence-corrected chi connectivity index (χ0v) is 11.2. The fourth-order valence-electron chi connectivity index (χ4n) is 2.60. The molecule has 0 unspecified atom stereocenters. The first-order chi connectivity index (χ1) is 8.17. The lowest BCUT2D eigenvalue weighted by Gasteiger charge is -2.35. The third-order valence-electron chi connectivity index (χ3n) is 3.66. The average Bonchev–Trinajstić information content (AvgIpc) is 2.32. The Morgan fingerprint density at radius 3 is 2.47 bits per heavy atom. The number of carbonyl (C=O) groups excluding carboxylic acids is 1. The minimum absolute atomic E-state index is 0.165. The van der Waals surface area contributed by atoms with Crippen molar-refractivity contribution in [2.45, 2.75) is 58.0 Å². The summed E-state index contributed by atoms with van der Waals surface area (Å²) < 4.78 is 0. The van der Waals surface area contributed by atoms with Gasteiger partial charge in [0.1, 0.15) is 0 Å². The molecule has 0 atom stereocenters. The Morgan fingerprint density at radius 1 is 1.29 bits per heavy atom. The minimum Gasteiger partial charge on any atom is -0.356 e. The molecular weight excluding hydrogens is 214 g/mol. The average molecular weight is 241 g/mol. The van der Waals surface area contributed by atoms with Gasteiger partial charge in [-0.25, -0.2) is 0 Å². The normalized spacial score (nSPS) is 24.9. The molecule has 17 heavy (non-hydrogen) atoms. The van der Waals surface area contributed by atoms with E-state index in [0.29, 0.717) is 18.5 Å². The largest absolute Gasteiger partial charge is 0.356 e. The molecule has 0 aromatic heterocycles. The highest BCUT2D eigenvalue weighted by molar-refractivity contribution is 5.75. The van der Waals surface area contributed by atoms with Crippen LogP contribution in [0.4, 0.5) is 0 Å². The molecule has 100 valence electrons. The number of carbonyl (C=O) groups is 1. The molecular formula is C13H27N3O. The number of nitrogens with two attached hydrogens (primary N) is 1. The third-order valence-corrected chi connectivity index (χ3v) is 3.66. The van der Waals surface area contributed by atoms with E-state index in [0.717, 1.165) is 32.5 Å². The summed E-state index contributed by atoms with van der Waals surface area (Å²) in [6, 6.07) is 1.03. The lowest BCUT2D eigenvalue weighted by atomic mass is 9.90. The van der Waals surface area contributed by atoms with E-state index >= 15 is 0 Å². The molecule has 0 heterocycles. The van der Waals surface area contributed by atoms with E-state index in [-0.39, 0.29) is 5.91 Å². The van der Waals surface area contributed by atoms with E-state index < -0.39 is 0 Å². The second-order valence-electron chi connectivity index (χ2n) is 4.90. The number of hydrogen-bond donors (Lipinski definition) is 2. The molecule has 0 aromatic rings. The van der Waals surface area contributed by atoms with E-state index in [1.165, 1.54) is 12.8 Å². The van der Waals surface area contributed by atoms with Gasteiger partial charge in [0, 0.05) is 31.6 Å². The van der Waals surface area contributed by atoms with Gasteiger partial charge in [-0.1, -0.05) is 6.92 Å². The lowest BCUT2D eigenvalue weighted by molar-refractivity contribution is -0.121. The number of nitrogens with one attached hydrogen (secondary N) is 1. The van der Waals surface area contributed by atoms with Crippen LogP contribution in [0, 0.1) is 0 Å². The fraction of sp³-hybridized carbons (Fsp3) is 0.923. The summed E-state index contributed by atoms with van der Waals surface area (Å²) >= 11 is 0. The first-order valence-electron chi connectivity index (χ1n) is 6.93. The van der Waals surface area contributed by atoms with E-state index in [4.69, 9.17) is 5.73 Å². The Balaban J connectivity index is 2.30. The van der Waals surface area contributed by atoms with Gasteiger partial charge in [-0.3, -0.25) is 4.79 Å². The second kappa shape index (κ2) is 7.67. The molecule has 1 saturated carbocycles. The van der Waals surface area contributed by atoms with E-state index in [1.807, 2.05) is 6.92 Å². The molecule has 1 rings (SSSR count). The van der Waals surface area contributed by atoms with Crippen LogP contribution in [-0.2, 0) is 4.79 Å². The van der Waals surface area contributed by atoms with Gasteiger partial charge in [-0.05, 0) is 39.2 Å². The maximum atomic E-state index is 11.4. The van der Waals surface area contributed by atoms with Crippen molar-refractivity contribution in [1.29, 1.82) is 0 Å². The van der Waals surface area contributed by atoms with Crippen molar-refractivity contribution in [2.24, 2.45) is 5.73 Å². The number of hydrogen-bond acceptors (Lipinski definition) is 3. The molecule has 3 N–H and O–H groups in total. The number of amides is 1. The summed E-state index contributed by atoms with van der Waals surface area (Å²) in [5.74, 6) is 0.165. The standard InChI is InChI=1S/C13H27N3O/c1-3-15-13(17)9-10-16(4-2)12-7-5-11(14)6-8-12/h11-12H,3-10,14H2,1-2H3,(H,15,17). The third kappa shape index (κ3) is 5.04. The van der Waals surface area contributed by atoms with Gasteiger partial charge in [0.25, 0.3) is 0 Å². The molecule has 0 saturated heterocycles. The Kier molecular flexibility index (Phi) is 6.52. The van der Waals surface area contributed by atoms with E-state index in [2.05, 4.69) is 17.1 Å². The van der Waals surface area contributed by atoms with E-state index in [9.17, 15) is 4.79 Å². The molecule has 0 radical (unpaired) electrons. The molecule has 0 bridgehead atoms. The smallest absolute Gasteiger partial charge is 0.221 e. The molecule has 1 aliphatic carbocycles. The van der Waals surface area contributed by atoms with Crippen molar-refractivity contribution in [2.75, 3.05) is 19.6 Å². The van der Waals surface area contributed by atoms with Crippen LogP contribution in [0.1, 0.15) is 46.0 Å². The molecule has 0 spiro atoms. The van der Waals surface area contributed by atoms with E-state index in [1.54, 1.807) is 0 Å². The Hall–Kier alpha value is -0.610. The Morgan fingerprint density at radius 2 is 1.94 bits per heavy atom. The highest BCUT2D eigenvalue weighted by Crippen LogP contribution is 2.22. The van der Waals surface area contributed by atoms with Crippen molar-refractivity contribution >= 4 is 5.91 Å². The van der Waals surface area contributed by atoms with Crippen LogP contribution >= 0.6 is 0 Å². The summed E-state index contributed by atoms with van der Waals surface area (Å²) in [6.07, 6.45) is 5.24. The fourth-order valence-corrected chi connectivity index (χ4v) is 2.60. The van der Waals surface area contributed by atoms with Gasteiger partial charge in [0.2, 0.25) is 5.91 Å². The predicted molar refractivity (Wildman–Crippen MR) is 70.8 cm³/mol. The monoisotopic (exact) mass is 241 g/mol. The number of nitrogens with zero attached hydrogens (tertiary/aromatic N) is 1. The Bertz CT molecular complexity index is 225. The van der Waals surface area contributed by atoms with Gasteiger partial charge in [0.05, 0.1) is 0 Å². The zero-order valence-electron chi connectivity index (χ0n) is 11.2. The molecule has 1 fully saturated rings. The quantitative estimate of drug-likeness (QED) is 0.732. The lowest BCUT2D eigenvalue weighted by Crippen LogP contribution is -2.42. The maximum Gasteiger partial charge on any atom is 0.221 e. The van der Waals surface area contributed by atoms with Crippen LogP contribution in [0.5, 0.6) is 0 Å². The minimum atomic E-state index is 0.165. The van der Waals surface area contributed by atoms with Gasteiger partial charge in [-0.15, -0.1) is 0 Å². The first kappa shape index (κ1) is 14.5. The van der Waals surface area contributed by atoms with Crippen LogP contribution in [0.3, 0.4) is 0 Å². The summed E-state index contributed by atoms with van der Waals surface area (Å²) in [5, 5.41) is 2.85. The molecule has 0 aromatic carbocycles. The molecule has 1 amide bonds. The summed E-state index contributed by atoms with van der Waals surface area (Å²) in [4.78, 5) is 13.9. The van der Waals surface area contributed by atoms with Crippen molar-refractivity contribution in [1.82, 2.24) is 10.2 Å². The zero-order chi connectivity index (χ0) is 12.7. The molecule has 1 aliphatic rings.